The highest BCUT2D eigenvalue weighted by molar-refractivity contribution is 7.80. The molecule has 0 saturated heterocycles. The van der Waals surface area contributed by atoms with E-state index in [0.717, 1.165) is 22.8 Å². The van der Waals surface area contributed by atoms with Gasteiger partial charge in [-0.3, -0.25) is 0 Å². The summed E-state index contributed by atoms with van der Waals surface area (Å²) >= 11 is 5.24. The van der Waals surface area contributed by atoms with Crippen LogP contribution in [0.3, 0.4) is 0 Å². The summed E-state index contributed by atoms with van der Waals surface area (Å²) in [5, 5.41) is 6.73. The first kappa shape index (κ1) is 12.5. The summed E-state index contributed by atoms with van der Waals surface area (Å²) in [5.74, 6) is 0.765. The Bertz CT molecular complexity index is 532. The number of hydrogen-bond donors (Lipinski definition) is 2. The maximum Gasteiger partial charge on any atom is 0.176 e. The van der Waals surface area contributed by atoms with Crippen molar-refractivity contribution in [3.8, 4) is 0 Å². The SMILES string of the molecule is Cc1cc(C)nc(NC(=S)Nc2ccccc2)c1. The topological polar surface area (TPSA) is 37.0 Å². The van der Waals surface area contributed by atoms with Gasteiger partial charge in [0.2, 0.25) is 0 Å². The number of aromatic nitrogens is 1. The first-order valence-corrected chi connectivity index (χ1v) is 6.12. The Morgan fingerprint density at radius 2 is 1.78 bits per heavy atom. The number of aryl methyl sites for hydroxylation is 2. The Morgan fingerprint density at radius 1 is 1.06 bits per heavy atom. The molecule has 0 spiro atoms. The molecular weight excluding hydrogens is 242 g/mol. The van der Waals surface area contributed by atoms with E-state index in [-0.39, 0.29) is 0 Å². The molecule has 18 heavy (non-hydrogen) atoms. The minimum absolute atomic E-state index is 0.540. The maximum absolute atomic E-state index is 5.24. The van der Waals surface area contributed by atoms with Gasteiger partial charge in [0.05, 0.1) is 0 Å². The molecule has 2 aromatic rings. The summed E-state index contributed by atoms with van der Waals surface area (Å²) in [7, 11) is 0. The van der Waals surface area contributed by atoms with Gasteiger partial charge in [0.15, 0.2) is 5.11 Å². The molecule has 1 aromatic heterocycles. The highest BCUT2D eigenvalue weighted by atomic mass is 32.1. The molecule has 0 amide bonds. The van der Waals surface area contributed by atoms with Crippen molar-refractivity contribution in [1.29, 1.82) is 0 Å². The fourth-order valence-electron chi connectivity index (χ4n) is 1.71. The summed E-state index contributed by atoms with van der Waals surface area (Å²) in [6.45, 7) is 4.00. The number of thiocarbonyl (C=S) groups is 1. The van der Waals surface area contributed by atoms with E-state index in [1.165, 1.54) is 0 Å². The van der Waals surface area contributed by atoms with Gasteiger partial charge in [-0.2, -0.15) is 0 Å². The summed E-state index contributed by atoms with van der Waals surface area (Å²) in [4.78, 5) is 4.38. The lowest BCUT2D eigenvalue weighted by atomic mass is 10.2. The molecule has 0 atom stereocenters. The van der Waals surface area contributed by atoms with Gasteiger partial charge in [0.1, 0.15) is 5.82 Å². The van der Waals surface area contributed by atoms with Crippen LogP contribution in [-0.2, 0) is 0 Å². The third kappa shape index (κ3) is 3.53. The molecule has 0 unspecified atom stereocenters. The number of para-hydroxylation sites is 1. The zero-order chi connectivity index (χ0) is 13.0. The molecule has 0 fully saturated rings. The molecule has 3 nitrogen and oxygen atoms in total. The second kappa shape index (κ2) is 5.60. The van der Waals surface area contributed by atoms with Crippen LogP contribution < -0.4 is 10.6 Å². The number of rotatable bonds is 2. The predicted molar refractivity (Wildman–Crippen MR) is 80.0 cm³/mol. The smallest absolute Gasteiger partial charge is 0.176 e. The number of pyridine rings is 1. The fourth-order valence-corrected chi connectivity index (χ4v) is 1.93. The average Bonchev–Trinajstić information content (AvgIpc) is 2.28. The predicted octanol–water partition coefficient (Wildman–Crippen LogP) is 3.51. The van der Waals surface area contributed by atoms with E-state index in [1.807, 2.05) is 56.3 Å². The van der Waals surface area contributed by atoms with Crippen LogP contribution in [0.15, 0.2) is 42.5 Å². The van der Waals surface area contributed by atoms with E-state index < -0.39 is 0 Å². The summed E-state index contributed by atoms with van der Waals surface area (Å²) in [5.41, 5.74) is 3.09. The Kier molecular flexibility index (Phi) is 3.89. The van der Waals surface area contributed by atoms with Crippen LogP contribution >= 0.6 is 12.2 Å². The minimum Gasteiger partial charge on any atom is -0.332 e. The van der Waals surface area contributed by atoms with Gasteiger partial charge in [-0.25, -0.2) is 4.98 Å². The van der Waals surface area contributed by atoms with Crippen LogP contribution in [0.4, 0.5) is 11.5 Å². The van der Waals surface area contributed by atoms with E-state index in [1.54, 1.807) is 0 Å². The van der Waals surface area contributed by atoms with Crippen molar-refractivity contribution < 1.29 is 0 Å². The molecule has 1 aromatic carbocycles. The normalized spacial score (nSPS) is 9.89. The first-order chi connectivity index (χ1) is 8.63. The molecule has 1 heterocycles. The molecule has 0 aliphatic rings. The Hall–Kier alpha value is -1.94. The third-order valence-electron chi connectivity index (χ3n) is 2.37. The minimum atomic E-state index is 0.540. The van der Waals surface area contributed by atoms with Gasteiger partial charge in [-0.15, -0.1) is 0 Å². The Balaban J connectivity index is 2.03. The lowest BCUT2D eigenvalue weighted by Gasteiger charge is -2.10. The van der Waals surface area contributed by atoms with Crippen LogP contribution in [0.2, 0.25) is 0 Å². The van der Waals surface area contributed by atoms with Crippen molar-refractivity contribution in [2.24, 2.45) is 0 Å². The highest BCUT2D eigenvalue weighted by Gasteiger charge is 2.01. The van der Waals surface area contributed by atoms with Gasteiger partial charge in [-0.1, -0.05) is 18.2 Å². The molecule has 0 bridgehead atoms. The molecule has 92 valence electrons. The van der Waals surface area contributed by atoms with Crippen molar-refractivity contribution >= 4 is 28.8 Å². The molecule has 2 rings (SSSR count). The second-order valence-electron chi connectivity index (χ2n) is 4.12. The zero-order valence-corrected chi connectivity index (χ0v) is 11.2. The summed E-state index contributed by atoms with van der Waals surface area (Å²) in [6, 6.07) is 13.8. The van der Waals surface area contributed by atoms with E-state index >= 15 is 0 Å². The van der Waals surface area contributed by atoms with Gasteiger partial charge in [-0.05, 0) is 55.9 Å². The van der Waals surface area contributed by atoms with Crippen LogP contribution in [0.25, 0.3) is 0 Å². The number of hydrogen-bond acceptors (Lipinski definition) is 2. The van der Waals surface area contributed by atoms with E-state index in [2.05, 4.69) is 15.6 Å². The van der Waals surface area contributed by atoms with Gasteiger partial charge < -0.3 is 10.6 Å². The van der Waals surface area contributed by atoms with Gasteiger partial charge in [0.25, 0.3) is 0 Å². The van der Waals surface area contributed by atoms with Crippen LogP contribution in [0.5, 0.6) is 0 Å². The Labute approximate surface area is 112 Å². The second-order valence-corrected chi connectivity index (χ2v) is 4.52. The van der Waals surface area contributed by atoms with Gasteiger partial charge in [0, 0.05) is 11.4 Å². The monoisotopic (exact) mass is 257 g/mol. The Morgan fingerprint density at radius 3 is 2.44 bits per heavy atom. The van der Waals surface area contributed by atoms with E-state index in [0.29, 0.717) is 5.11 Å². The molecule has 2 N–H and O–H groups in total. The highest BCUT2D eigenvalue weighted by Crippen LogP contribution is 2.10. The standard InChI is InChI=1S/C14H15N3S/c1-10-8-11(2)15-13(9-10)17-14(18)16-12-6-4-3-5-7-12/h3-9H,1-2H3,(H2,15,16,17,18). The van der Waals surface area contributed by atoms with E-state index in [9.17, 15) is 0 Å². The third-order valence-corrected chi connectivity index (χ3v) is 2.58. The fraction of sp³-hybridized carbons (Fsp3) is 0.143. The summed E-state index contributed by atoms with van der Waals surface area (Å²) in [6.07, 6.45) is 0. The maximum atomic E-state index is 5.24. The summed E-state index contributed by atoms with van der Waals surface area (Å²) < 4.78 is 0. The van der Waals surface area contributed by atoms with Crippen molar-refractivity contribution in [3.05, 3.63) is 53.7 Å². The zero-order valence-electron chi connectivity index (χ0n) is 10.4. The van der Waals surface area contributed by atoms with Crippen LogP contribution in [0.1, 0.15) is 11.3 Å². The number of nitrogens with one attached hydrogen (secondary N) is 2. The number of nitrogens with zero attached hydrogens (tertiary/aromatic N) is 1. The average molecular weight is 257 g/mol. The van der Waals surface area contributed by atoms with E-state index in [4.69, 9.17) is 12.2 Å². The molecule has 0 saturated carbocycles. The lowest BCUT2D eigenvalue weighted by Crippen LogP contribution is -2.19. The van der Waals surface area contributed by atoms with Crippen molar-refractivity contribution in [3.63, 3.8) is 0 Å². The van der Waals surface area contributed by atoms with Gasteiger partial charge >= 0.3 is 0 Å². The van der Waals surface area contributed by atoms with Crippen molar-refractivity contribution in [2.75, 3.05) is 10.6 Å². The molecule has 0 radical (unpaired) electrons. The van der Waals surface area contributed by atoms with Crippen LogP contribution in [0, 0.1) is 13.8 Å². The van der Waals surface area contributed by atoms with Crippen molar-refractivity contribution in [1.82, 2.24) is 4.98 Å². The molecule has 0 aliphatic heterocycles. The van der Waals surface area contributed by atoms with Crippen LogP contribution in [-0.4, -0.2) is 10.1 Å². The largest absolute Gasteiger partial charge is 0.332 e. The van der Waals surface area contributed by atoms with Crippen molar-refractivity contribution in [2.45, 2.75) is 13.8 Å². The lowest BCUT2D eigenvalue weighted by molar-refractivity contribution is 1.18. The molecule has 4 heteroatoms. The quantitative estimate of drug-likeness (QED) is 0.807. The molecular formula is C14H15N3S. The molecule has 0 aliphatic carbocycles. The first-order valence-electron chi connectivity index (χ1n) is 5.72. The number of benzene rings is 1. The number of anilines is 2.